The van der Waals surface area contributed by atoms with Gasteiger partial charge < -0.3 is 20.1 Å². The second-order valence-electron chi connectivity index (χ2n) is 10.7. The Kier molecular flexibility index (Phi) is 7.32. The van der Waals surface area contributed by atoms with Crippen LogP contribution in [0.3, 0.4) is 0 Å². The Bertz CT molecular complexity index is 1080. The molecule has 1 unspecified atom stereocenters. The van der Waals surface area contributed by atoms with Gasteiger partial charge in [-0.3, -0.25) is 4.79 Å². The Morgan fingerprint density at radius 3 is 2.74 bits per heavy atom. The topological polar surface area (TPSA) is 61.8 Å². The number of ether oxygens (including phenoxy) is 1. The number of carbonyl (C=O) groups excluding carboxylic acids is 1. The van der Waals surface area contributed by atoms with E-state index in [0.29, 0.717) is 16.0 Å². The number of hydrogen-bond acceptors (Lipinski definition) is 4. The first-order valence-corrected chi connectivity index (χ1v) is 13.4. The van der Waals surface area contributed by atoms with Crippen LogP contribution in [0.2, 0.25) is 10.0 Å². The Labute approximate surface area is 217 Å². The predicted molar refractivity (Wildman–Crippen MR) is 139 cm³/mol. The summed E-state index contributed by atoms with van der Waals surface area (Å²) in [7, 11) is 1.79. The van der Waals surface area contributed by atoms with Gasteiger partial charge in [-0.2, -0.15) is 0 Å². The number of carbonyl (C=O) groups is 1. The maximum absolute atomic E-state index is 13.0. The maximum Gasteiger partial charge on any atom is 0.224 e. The van der Waals surface area contributed by atoms with E-state index in [9.17, 15) is 9.90 Å². The molecule has 2 N–H and O–H groups in total. The highest BCUT2D eigenvalue weighted by molar-refractivity contribution is 6.42. The average Bonchev–Trinajstić information content (AvgIpc) is 3.65. The van der Waals surface area contributed by atoms with Crippen molar-refractivity contribution in [3.8, 4) is 5.75 Å². The number of hydrogen-bond donors (Lipinski definition) is 2. The zero-order valence-electron chi connectivity index (χ0n) is 20.2. The number of piperidine rings is 1. The molecule has 0 radical (unpaired) electrons. The fourth-order valence-electron chi connectivity index (χ4n) is 6.39. The van der Waals surface area contributed by atoms with E-state index in [1.165, 1.54) is 19.4 Å². The van der Waals surface area contributed by atoms with Crippen LogP contribution in [0.15, 0.2) is 42.5 Å². The summed E-state index contributed by atoms with van der Waals surface area (Å²) in [5, 5.41) is 14.5. The van der Waals surface area contributed by atoms with Crippen LogP contribution in [0, 0.1) is 11.8 Å². The molecule has 0 bridgehead atoms. The molecule has 0 aromatic heterocycles. The first kappa shape index (κ1) is 24.9. The predicted octanol–water partition coefficient (Wildman–Crippen LogP) is 5.21. The molecule has 188 valence electrons. The molecule has 2 aliphatic carbocycles. The van der Waals surface area contributed by atoms with Gasteiger partial charge in [-0.05, 0) is 80.0 Å². The molecule has 0 spiro atoms. The molecule has 2 saturated carbocycles. The normalized spacial score (nSPS) is 28.9. The van der Waals surface area contributed by atoms with Crippen LogP contribution >= 0.6 is 23.2 Å². The number of amides is 1. The van der Waals surface area contributed by atoms with Gasteiger partial charge >= 0.3 is 0 Å². The lowest BCUT2D eigenvalue weighted by Gasteiger charge is -2.55. The van der Waals surface area contributed by atoms with Crippen molar-refractivity contribution in [2.24, 2.45) is 11.8 Å². The Morgan fingerprint density at radius 1 is 1.20 bits per heavy atom. The highest BCUT2D eigenvalue weighted by atomic mass is 35.5. The van der Waals surface area contributed by atoms with Gasteiger partial charge in [-0.25, -0.2) is 0 Å². The van der Waals surface area contributed by atoms with E-state index in [1.54, 1.807) is 25.3 Å². The van der Waals surface area contributed by atoms with Crippen LogP contribution in [0.4, 0.5) is 0 Å². The third-order valence-corrected chi connectivity index (χ3v) is 9.01. The number of nitrogens with zero attached hydrogens (tertiary/aromatic N) is 1. The third-order valence-electron chi connectivity index (χ3n) is 8.27. The van der Waals surface area contributed by atoms with Crippen molar-refractivity contribution < 1.29 is 14.6 Å². The van der Waals surface area contributed by atoms with E-state index in [2.05, 4.69) is 16.3 Å². The highest BCUT2D eigenvalue weighted by Crippen LogP contribution is 2.51. The van der Waals surface area contributed by atoms with Gasteiger partial charge in [0, 0.05) is 37.6 Å². The summed E-state index contributed by atoms with van der Waals surface area (Å²) in [5.74, 6) is 1.42. The van der Waals surface area contributed by atoms with E-state index in [4.69, 9.17) is 27.9 Å². The van der Waals surface area contributed by atoms with E-state index in [1.807, 2.05) is 18.2 Å². The first-order valence-electron chi connectivity index (χ1n) is 12.6. The number of aromatic hydroxyl groups is 1. The first-order chi connectivity index (χ1) is 16.9. The zero-order chi connectivity index (χ0) is 24.6. The van der Waals surface area contributed by atoms with E-state index < -0.39 is 0 Å². The summed E-state index contributed by atoms with van der Waals surface area (Å²) < 4.78 is 6.09. The molecule has 3 fully saturated rings. The summed E-state index contributed by atoms with van der Waals surface area (Å²) >= 11 is 12.2. The number of rotatable bonds is 7. The lowest BCUT2D eigenvalue weighted by atomic mass is 9.57. The summed E-state index contributed by atoms with van der Waals surface area (Å²) in [6, 6.07) is 13.0. The summed E-state index contributed by atoms with van der Waals surface area (Å²) in [6.45, 7) is 3.20. The Morgan fingerprint density at radius 2 is 2.03 bits per heavy atom. The number of fused-ring (bicyclic) bond motifs is 1. The molecule has 1 heterocycles. The number of phenols is 1. The van der Waals surface area contributed by atoms with Crippen LogP contribution in [0.1, 0.15) is 43.2 Å². The van der Waals surface area contributed by atoms with Crippen LogP contribution in [0.25, 0.3) is 0 Å². The summed E-state index contributed by atoms with van der Waals surface area (Å²) in [6.07, 6.45) is 5.59. The Hall–Kier alpha value is -1.79. The molecule has 1 aliphatic heterocycles. The highest BCUT2D eigenvalue weighted by Gasteiger charge is 2.53. The minimum atomic E-state index is -0.154. The van der Waals surface area contributed by atoms with E-state index in [-0.39, 0.29) is 35.6 Å². The van der Waals surface area contributed by atoms with Crippen molar-refractivity contribution in [2.75, 3.05) is 26.7 Å². The van der Waals surface area contributed by atoms with Crippen LogP contribution in [0.5, 0.6) is 5.75 Å². The molecular formula is C28H34Cl2N2O3. The zero-order valence-corrected chi connectivity index (χ0v) is 21.7. The van der Waals surface area contributed by atoms with Gasteiger partial charge in [0.25, 0.3) is 0 Å². The van der Waals surface area contributed by atoms with Gasteiger partial charge in [0.05, 0.1) is 22.6 Å². The number of phenolic OH excluding ortho intramolecular Hbond substituents is 1. The van der Waals surface area contributed by atoms with Gasteiger partial charge in [0.2, 0.25) is 5.91 Å². The number of nitrogens with one attached hydrogen (secondary N) is 1. The molecule has 1 saturated heterocycles. The van der Waals surface area contributed by atoms with Crippen molar-refractivity contribution in [3.63, 3.8) is 0 Å². The molecule has 7 heteroatoms. The molecule has 5 rings (SSSR count). The average molecular weight is 517 g/mol. The second-order valence-corrected chi connectivity index (χ2v) is 11.5. The van der Waals surface area contributed by atoms with Crippen LogP contribution in [-0.4, -0.2) is 54.8 Å². The minimum absolute atomic E-state index is 0.0104. The molecule has 4 atom stereocenters. The van der Waals surface area contributed by atoms with E-state index in [0.717, 1.165) is 49.4 Å². The standard InChI is InChI=1S/C28H34Cl2N2O3/c1-35-26-14-21(31-27(34)12-19-7-8-24(29)25(30)11-19)15-28(20-3-2-4-22(33)13-20)9-10-32(17-23(26)28)16-18-5-6-18/h2-4,7-8,11,13,18,21,23,26,33H,5-6,9-10,12,14-17H2,1H3,(H,31,34)/t21-,23+,26?,28+/m1/s1. The van der Waals surface area contributed by atoms with Gasteiger partial charge in [0.1, 0.15) is 5.75 Å². The number of likely N-dealkylation sites (tertiary alicyclic amines) is 1. The van der Waals surface area contributed by atoms with Crippen molar-refractivity contribution in [2.45, 2.75) is 56.1 Å². The van der Waals surface area contributed by atoms with Gasteiger partial charge in [0.15, 0.2) is 0 Å². The summed E-state index contributed by atoms with van der Waals surface area (Å²) in [4.78, 5) is 15.6. The fraction of sp³-hybridized carbons (Fsp3) is 0.536. The van der Waals surface area contributed by atoms with E-state index >= 15 is 0 Å². The smallest absolute Gasteiger partial charge is 0.224 e. The maximum atomic E-state index is 13.0. The third kappa shape index (κ3) is 5.48. The molecule has 35 heavy (non-hydrogen) atoms. The van der Waals surface area contributed by atoms with Crippen molar-refractivity contribution in [1.82, 2.24) is 10.2 Å². The molecule has 2 aromatic carbocycles. The number of methoxy groups -OCH3 is 1. The molecule has 1 amide bonds. The van der Waals surface area contributed by atoms with Crippen molar-refractivity contribution in [1.29, 1.82) is 0 Å². The quantitative estimate of drug-likeness (QED) is 0.530. The van der Waals surface area contributed by atoms with Gasteiger partial charge in [-0.15, -0.1) is 0 Å². The molecular weight excluding hydrogens is 483 g/mol. The van der Waals surface area contributed by atoms with Crippen LogP contribution in [-0.2, 0) is 21.4 Å². The van der Waals surface area contributed by atoms with Crippen LogP contribution < -0.4 is 5.32 Å². The molecule has 3 aliphatic rings. The lowest BCUT2D eigenvalue weighted by molar-refractivity contribution is -0.123. The Balaban J connectivity index is 1.37. The fourth-order valence-corrected chi connectivity index (χ4v) is 6.71. The largest absolute Gasteiger partial charge is 0.508 e. The van der Waals surface area contributed by atoms with Gasteiger partial charge in [-0.1, -0.05) is 41.4 Å². The monoisotopic (exact) mass is 516 g/mol. The van der Waals surface area contributed by atoms with Crippen molar-refractivity contribution >= 4 is 29.1 Å². The second kappa shape index (κ2) is 10.3. The molecule has 5 nitrogen and oxygen atoms in total. The SMILES string of the molecule is COC1C[C@@H](NC(=O)Cc2ccc(Cl)c(Cl)c2)C[C@]2(c3cccc(O)c3)CCN(CC3CC3)C[C@@H]12. The molecule has 2 aromatic rings. The lowest BCUT2D eigenvalue weighted by Crippen LogP contribution is -2.61. The number of halogens is 2. The van der Waals surface area contributed by atoms with Crippen molar-refractivity contribution in [3.05, 3.63) is 63.6 Å². The minimum Gasteiger partial charge on any atom is -0.508 e. The summed E-state index contributed by atoms with van der Waals surface area (Å²) in [5.41, 5.74) is 1.84. The number of benzene rings is 2.